The third-order valence-corrected chi connectivity index (χ3v) is 4.90. The highest BCUT2D eigenvalue weighted by molar-refractivity contribution is 7.99. The molecule has 5 heteroatoms. The molecule has 0 aliphatic carbocycles. The molecular weight excluding hydrogens is 267 g/mol. The third-order valence-electron chi connectivity index (χ3n) is 3.55. The fourth-order valence-corrected chi connectivity index (χ4v) is 4.00. The lowest BCUT2D eigenvalue weighted by molar-refractivity contribution is 0.476. The Morgan fingerprint density at radius 1 is 1.39 bits per heavy atom. The Balaban J connectivity index is 2.18. The summed E-state index contributed by atoms with van der Waals surface area (Å²) in [5.74, 6) is 2.18. The number of hydrogen-bond acceptors (Lipinski definition) is 2. The van der Waals surface area contributed by atoms with Crippen LogP contribution in [0.2, 0.25) is 0 Å². The highest BCUT2D eigenvalue weighted by Gasteiger charge is 2.19. The van der Waals surface area contributed by atoms with Gasteiger partial charge in [-0.1, -0.05) is 0 Å². The average Bonchev–Trinajstić information content (AvgIpc) is 2.66. The van der Waals surface area contributed by atoms with Crippen LogP contribution in [0.5, 0.6) is 0 Å². The van der Waals surface area contributed by atoms with Crippen molar-refractivity contribution in [1.82, 2.24) is 9.55 Å². The van der Waals surface area contributed by atoms with Gasteiger partial charge in [-0.3, -0.25) is 0 Å². The summed E-state index contributed by atoms with van der Waals surface area (Å²) >= 11 is 7.39. The van der Waals surface area contributed by atoms with Crippen LogP contribution in [0, 0.1) is 17.5 Å². The molecule has 0 bridgehead atoms. The highest BCUT2D eigenvalue weighted by Crippen LogP contribution is 2.31. The zero-order valence-electron chi connectivity index (χ0n) is 10.2. The van der Waals surface area contributed by atoms with Crippen molar-refractivity contribution in [3.63, 3.8) is 0 Å². The van der Waals surface area contributed by atoms with Crippen LogP contribution in [0.25, 0.3) is 11.0 Å². The van der Waals surface area contributed by atoms with Gasteiger partial charge in [0, 0.05) is 6.04 Å². The van der Waals surface area contributed by atoms with Gasteiger partial charge in [-0.15, -0.1) is 0 Å². The van der Waals surface area contributed by atoms with Crippen molar-refractivity contribution in [2.45, 2.75) is 25.8 Å². The van der Waals surface area contributed by atoms with Crippen LogP contribution >= 0.6 is 24.0 Å². The van der Waals surface area contributed by atoms with Gasteiger partial charge in [0.15, 0.2) is 4.77 Å². The summed E-state index contributed by atoms with van der Waals surface area (Å²) in [5.41, 5.74) is 2.52. The first-order chi connectivity index (χ1) is 8.66. The van der Waals surface area contributed by atoms with E-state index < -0.39 is 0 Å². The number of aryl methyl sites for hydroxylation is 1. The molecule has 1 N–H and O–H groups in total. The van der Waals surface area contributed by atoms with E-state index in [2.05, 4.69) is 9.55 Å². The molecule has 0 spiro atoms. The largest absolute Gasteiger partial charge is 0.330 e. The summed E-state index contributed by atoms with van der Waals surface area (Å²) in [6.45, 7) is 1.80. The van der Waals surface area contributed by atoms with E-state index in [4.69, 9.17) is 12.2 Å². The summed E-state index contributed by atoms with van der Waals surface area (Å²) in [7, 11) is 0. The fourth-order valence-electron chi connectivity index (χ4n) is 2.56. The molecule has 1 aliphatic heterocycles. The number of fused-ring (bicyclic) bond motifs is 1. The van der Waals surface area contributed by atoms with E-state index in [0.717, 1.165) is 23.9 Å². The molecule has 1 saturated heterocycles. The van der Waals surface area contributed by atoms with Gasteiger partial charge in [0.1, 0.15) is 5.82 Å². The number of aromatic amines is 1. The van der Waals surface area contributed by atoms with Gasteiger partial charge >= 0.3 is 0 Å². The Kier molecular flexibility index (Phi) is 3.20. The Bertz CT molecular complexity index is 638. The Morgan fingerprint density at radius 3 is 2.83 bits per heavy atom. The molecule has 1 aromatic carbocycles. The van der Waals surface area contributed by atoms with Crippen molar-refractivity contribution in [2.24, 2.45) is 0 Å². The van der Waals surface area contributed by atoms with E-state index in [1.165, 1.54) is 11.5 Å². The van der Waals surface area contributed by atoms with E-state index in [1.54, 1.807) is 13.0 Å². The summed E-state index contributed by atoms with van der Waals surface area (Å²) < 4.78 is 16.5. The topological polar surface area (TPSA) is 20.7 Å². The van der Waals surface area contributed by atoms with E-state index in [9.17, 15) is 4.39 Å². The number of nitrogens with zero attached hydrogens (tertiary/aromatic N) is 1. The number of imidazole rings is 1. The highest BCUT2D eigenvalue weighted by atomic mass is 32.2. The second-order valence-corrected chi connectivity index (χ2v) is 6.37. The SMILES string of the molecule is Cc1cc2c(cc1F)[nH]c(=S)n2C1CCSCC1. The van der Waals surface area contributed by atoms with Crippen LogP contribution in [0.1, 0.15) is 24.4 Å². The standard InChI is InChI=1S/C13H15FN2S2/c1-8-6-12-11(7-10(8)14)15-13(17)16(12)9-2-4-18-5-3-9/h6-7,9H,2-5H2,1H3,(H,15,17). The number of aromatic nitrogens is 2. The molecule has 2 nitrogen and oxygen atoms in total. The van der Waals surface area contributed by atoms with Gasteiger partial charge in [-0.05, 0) is 61.2 Å². The number of H-pyrrole nitrogens is 1. The Morgan fingerprint density at radius 2 is 2.11 bits per heavy atom. The monoisotopic (exact) mass is 282 g/mol. The van der Waals surface area contributed by atoms with Crippen molar-refractivity contribution in [1.29, 1.82) is 0 Å². The zero-order valence-corrected chi connectivity index (χ0v) is 11.8. The molecule has 18 heavy (non-hydrogen) atoms. The predicted molar refractivity (Wildman–Crippen MR) is 77.4 cm³/mol. The second kappa shape index (κ2) is 4.70. The molecule has 2 aromatic rings. The Labute approximate surface area is 115 Å². The average molecular weight is 282 g/mol. The summed E-state index contributed by atoms with van der Waals surface area (Å²) in [6.07, 6.45) is 2.28. The Hall–Kier alpha value is -0.810. The predicted octanol–water partition coefficient (Wildman–Crippen LogP) is 4.21. The van der Waals surface area contributed by atoms with E-state index in [1.807, 2.05) is 17.8 Å². The fraction of sp³-hybridized carbons (Fsp3) is 0.462. The van der Waals surface area contributed by atoms with Crippen LogP contribution in [-0.2, 0) is 0 Å². The van der Waals surface area contributed by atoms with Gasteiger partial charge in [-0.2, -0.15) is 11.8 Å². The quantitative estimate of drug-likeness (QED) is 0.791. The minimum Gasteiger partial charge on any atom is -0.330 e. The van der Waals surface area contributed by atoms with Crippen molar-refractivity contribution in [3.05, 3.63) is 28.3 Å². The van der Waals surface area contributed by atoms with Gasteiger partial charge < -0.3 is 9.55 Å². The van der Waals surface area contributed by atoms with E-state index in [-0.39, 0.29) is 5.82 Å². The van der Waals surface area contributed by atoms with Gasteiger partial charge in [0.2, 0.25) is 0 Å². The number of hydrogen-bond donors (Lipinski definition) is 1. The number of halogens is 1. The first kappa shape index (κ1) is 12.2. The van der Waals surface area contributed by atoms with Crippen LogP contribution < -0.4 is 0 Å². The molecule has 0 amide bonds. The second-order valence-electron chi connectivity index (χ2n) is 4.76. The molecule has 0 unspecified atom stereocenters. The smallest absolute Gasteiger partial charge is 0.178 e. The lowest BCUT2D eigenvalue weighted by atomic mass is 10.1. The van der Waals surface area contributed by atoms with E-state index >= 15 is 0 Å². The van der Waals surface area contributed by atoms with Crippen molar-refractivity contribution in [2.75, 3.05) is 11.5 Å². The summed E-state index contributed by atoms with van der Waals surface area (Å²) in [5, 5.41) is 0. The van der Waals surface area contributed by atoms with Crippen LogP contribution in [0.4, 0.5) is 4.39 Å². The number of nitrogens with one attached hydrogen (secondary N) is 1. The minimum atomic E-state index is -0.176. The van der Waals surface area contributed by atoms with Gasteiger partial charge in [0.25, 0.3) is 0 Å². The van der Waals surface area contributed by atoms with Gasteiger partial charge in [0.05, 0.1) is 11.0 Å². The molecule has 0 atom stereocenters. The molecule has 96 valence electrons. The van der Waals surface area contributed by atoms with E-state index in [0.29, 0.717) is 16.4 Å². The van der Waals surface area contributed by atoms with Crippen LogP contribution in [-0.4, -0.2) is 21.1 Å². The summed E-state index contributed by atoms with van der Waals surface area (Å²) in [4.78, 5) is 3.12. The number of benzene rings is 1. The molecule has 0 radical (unpaired) electrons. The molecular formula is C13H15FN2S2. The van der Waals surface area contributed by atoms with Crippen LogP contribution in [0.3, 0.4) is 0 Å². The number of rotatable bonds is 1. The van der Waals surface area contributed by atoms with Crippen molar-refractivity contribution < 1.29 is 4.39 Å². The third kappa shape index (κ3) is 1.99. The number of thioether (sulfide) groups is 1. The van der Waals surface area contributed by atoms with Crippen molar-refractivity contribution in [3.8, 4) is 0 Å². The first-order valence-corrected chi connectivity index (χ1v) is 7.71. The molecule has 3 rings (SSSR count). The molecule has 0 saturated carbocycles. The lowest BCUT2D eigenvalue weighted by Crippen LogP contribution is -2.15. The van der Waals surface area contributed by atoms with Crippen molar-refractivity contribution >= 4 is 35.0 Å². The molecule has 1 aliphatic rings. The lowest BCUT2D eigenvalue weighted by Gasteiger charge is -2.23. The van der Waals surface area contributed by atoms with Crippen LogP contribution in [0.15, 0.2) is 12.1 Å². The molecule has 2 heterocycles. The zero-order chi connectivity index (χ0) is 12.7. The first-order valence-electron chi connectivity index (χ1n) is 6.15. The normalized spacial score (nSPS) is 17.4. The minimum absolute atomic E-state index is 0.176. The summed E-state index contributed by atoms with van der Waals surface area (Å²) in [6, 6.07) is 3.91. The van der Waals surface area contributed by atoms with Gasteiger partial charge in [-0.25, -0.2) is 4.39 Å². The maximum absolute atomic E-state index is 13.6. The maximum atomic E-state index is 13.6. The maximum Gasteiger partial charge on any atom is 0.178 e. The molecule has 1 aromatic heterocycles. The molecule has 1 fully saturated rings.